The van der Waals surface area contributed by atoms with E-state index in [0.29, 0.717) is 0 Å². The van der Waals surface area contributed by atoms with E-state index in [0.717, 1.165) is 12.1 Å². The number of aliphatic imine (C=N–C) groups is 1. The molecule has 0 saturated carbocycles. The van der Waals surface area contributed by atoms with Crippen LogP contribution in [0, 0.1) is 0 Å². The molecule has 0 heterocycles. The second-order valence-corrected chi connectivity index (χ2v) is 1.64. The van der Waals surface area contributed by atoms with Crippen LogP contribution in [0.15, 0.2) is 29.4 Å². The van der Waals surface area contributed by atoms with Crippen molar-refractivity contribution in [3.63, 3.8) is 0 Å². The van der Waals surface area contributed by atoms with Crippen molar-refractivity contribution in [3.8, 4) is 0 Å². The number of rotatable bonds is 3. The van der Waals surface area contributed by atoms with Gasteiger partial charge in [0.2, 0.25) is 0 Å². The molecule has 0 radical (unpaired) electrons. The van der Waals surface area contributed by atoms with E-state index >= 15 is 0 Å². The molecule has 0 aromatic heterocycles. The first kappa shape index (κ1) is 7.95. The van der Waals surface area contributed by atoms with Gasteiger partial charge >= 0.3 is 0 Å². The van der Waals surface area contributed by atoms with Gasteiger partial charge in [-0.3, -0.25) is 4.99 Å². The number of hydrogen-bond donors (Lipinski definition) is 1. The largest absolute Gasteiger partial charge is 0.402 e. The maximum atomic E-state index is 5.47. The Kier molecular flexibility index (Phi) is 4.50. The molecule has 0 aromatic carbocycles. The van der Waals surface area contributed by atoms with E-state index in [4.69, 9.17) is 5.73 Å². The summed E-state index contributed by atoms with van der Waals surface area (Å²) in [5.74, 6) is 0. The number of hydrogen-bond acceptors (Lipinski definition) is 2. The summed E-state index contributed by atoms with van der Waals surface area (Å²) in [6, 6.07) is 0. The molecular formula is C7H12N2. The number of nitrogens with zero attached hydrogens (tertiary/aromatic N) is 1. The summed E-state index contributed by atoms with van der Waals surface area (Å²) in [5, 5.41) is 0. The Labute approximate surface area is 55.8 Å². The molecule has 0 bridgehead atoms. The maximum Gasteiger partial charge on any atom is 0.0277 e. The molecule has 0 aliphatic rings. The minimum atomic E-state index is 0.728. The van der Waals surface area contributed by atoms with Gasteiger partial charge in [0, 0.05) is 25.4 Å². The van der Waals surface area contributed by atoms with Crippen molar-refractivity contribution in [2.75, 3.05) is 7.05 Å². The predicted molar refractivity (Wildman–Crippen MR) is 41.5 cm³/mol. The molecule has 0 atom stereocenters. The molecule has 50 valence electrons. The van der Waals surface area contributed by atoms with Crippen LogP contribution in [0.5, 0.6) is 0 Å². The van der Waals surface area contributed by atoms with Crippen LogP contribution >= 0.6 is 0 Å². The van der Waals surface area contributed by atoms with Gasteiger partial charge in [-0.1, -0.05) is 6.08 Å². The zero-order chi connectivity index (χ0) is 7.11. The van der Waals surface area contributed by atoms with Crippen LogP contribution in [-0.2, 0) is 0 Å². The fraction of sp³-hybridized carbons (Fsp3) is 0.286. The van der Waals surface area contributed by atoms with Gasteiger partial charge in [0.05, 0.1) is 0 Å². The summed E-state index contributed by atoms with van der Waals surface area (Å²) in [6.07, 6.45) is 5.92. The molecule has 0 unspecified atom stereocenters. The van der Waals surface area contributed by atoms with Crippen molar-refractivity contribution in [2.24, 2.45) is 10.7 Å². The van der Waals surface area contributed by atoms with Gasteiger partial charge in [-0.2, -0.15) is 0 Å². The van der Waals surface area contributed by atoms with E-state index in [1.165, 1.54) is 0 Å². The van der Waals surface area contributed by atoms with E-state index in [2.05, 4.69) is 11.6 Å². The summed E-state index contributed by atoms with van der Waals surface area (Å²) in [5.41, 5.74) is 6.26. The number of nitrogens with two attached hydrogens (primary N) is 1. The molecule has 0 fully saturated rings. The predicted octanol–water partition coefficient (Wildman–Crippen LogP) is 1.11. The SMILES string of the molecule is C=CCC(N)=CC=NC. The summed E-state index contributed by atoms with van der Waals surface area (Å²) >= 11 is 0. The normalized spacial score (nSPS) is 12.3. The van der Waals surface area contributed by atoms with Gasteiger partial charge in [-0.05, 0) is 6.08 Å². The lowest BCUT2D eigenvalue weighted by Gasteiger charge is -1.89. The first-order valence-corrected chi connectivity index (χ1v) is 2.79. The highest BCUT2D eigenvalue weighted by Crippen LogP contribution is 1.89. The Morgan fingerprint density at radius 2 is 2.44 bits per heavy atom. The lowest BCUT2D eigenvalue weighted by atomic mass is 10.3. The van der Waals surface area contributed by atoms with E-state index in [1.807, 2.05) is 0 Å². The molecular weight excluding hydrogens is 112 g/mol. The van der Waals surface area contributed by atoms with Crippen LogP contribution in [0.1, 0.15) is 6.42 Å². The molecule has 2 heteroatoms. The molecule has 9 heavy (non-hydrogen) atoms. The third-order valence-corrected chi connectivity index (χ3v) is 0.818. The van der Waals surface area contributed by atoms with Crippen molar-refractivity contribution in [1.29, 1.82) is 0 Å². The summed E-state index contributed by atoms with van der Waals surface area (Å²) < 4.78 is 0. The summed E-state index contributed by atoms with van der Waals surface area (Å²) in [6.45, 7) is 3.54. The molecule has 0 aromatic rings. The zero-order valence-corrected chi connectivity index (χ0v) is 5.67. The minimum Gasteiger partial charge on any atom is -0.402 e. The van der Waals surface area contributed by atoms with Crippen LogP contribution in [0.4, 0.5) is 0 Å². The van der Waals surface area contributed by atoms with Crippen LogP contribution in [0.25, 0.3) is 0 Å². The highest BCUT2D eigenvalue weighted by Gasteiger charge is 1.79. The first-order valence-electron chi connectivity index (χ1n) is 2.79. The van der Waals surface area contributed by atoms with Gasteiger partial charge in [0.15, 0.2) is 0 Å². The smallest absolute Gasteiger partial charge is 0.0277 e. The molecule has 0 spiro atoms. The minimum absolute atomic E-state index is 0.728. The fourth-order valence-corrected chi connectivity index (χ4v) is 0.405. The van der Waals surface area contributed by atoms with Gasteiger partial charge < -0.3 is 5.73 Å². The topological polar surface area (TPSA) is 38.4 Å². The fourth-order valence-electron chi connectivity index (χ4n) is 0.405. The van der Waals surface area contributed by atoms with Crippen molar-refractivity contribution in [1.82, 2.24) is 0 Å². The highest BCUT2D eigenvalue weighted by molar-refractivity contribution is 5.71. The first-order chi connectivity index (χ1) is 4.31. The third-order valence-electron chi connectivity index (χ3n) is 0.818. The number of allylic oxidation sites excluding steroid dienone is 2. The van der Waals surface area contributed by atoms with Crippen molar-refractivity contribution < 1.29 is 0 Å². The molecule has 0 aliphatic carbocycles. The lowest BCUT2D eigenvalue weighted by Crippen LogP contribution is -1.94. The average Bonchev–Trinajstić information content (AvgIpc) is 1.85. The van der Waals surface area contributed by atoms with Crippen LogP contribution in [0.3, 0.4) is 0 Å². The Balaban J connectivity index is 3.68. The van der Waals surface area contributed by atoms with Crippen LogP contribution in [-0.4, -0.2) is 13.3 Å². The van der Waals surface area contributed by atoms with E-state index in [-0.39, 0.29) is 0 Å². The van der Waals surface area contributed by atoms with Crippen LogP contribution in [0.2, 0.25) is 0 Å². The lowest BCUT2D eigenvalue weighted by molar-refractivity contribution is 1.18. The van der Waals surface area contributed by atoms with Gasteiger partial charge in [-0.25, -0.2) is 0 Å². The average molecular weight is 124 g/mol. The zero-order valence-electron chi connectivity index (χ0n) is 5.67. The monoisotopic (exact) mass is 124 g/mol. The molecule has 0 saturated heterocycles. The quantitative estimate of drug-likeness (QED) is 0.444. The standard InChI is InChI=1S/C7H12N2/c1-3-4-7(8)5-6-9-2/h3,5-6H,1,4,8H2,2H3. The van der Waals surface area contributed by atoms with Gasteiger partial charge in [0.25, 0.3) is 0 Å². The maximum absolute atomic E-state index is 5.47. The Morgan fingerprint density at radius 1 is 1.78 bits per heavy atom. The van der Waals surface area contributed by atoms with Gasteiger partial charge in [-0.15, -0.1) is 6.58 Å². The van der Waals surface area contributed by atoms with Crippen molar-refractivity contribution >= 4 is 6.21 Å². The molecule has 0 amide bonds. The third kappa shape index (κ3) is 4.81. The molecule has 0 aliphatic heterocycles. The molecule has 0 rings (SSSR count). The van der Waals surface area contributed by atoms with E-state index < -0.39 is 0 Å². The van der Waals surface area contributed by atoms with Crippen molar-refractivity contribution in [2.45, 2.75) is 6.42 Å². The Hall–Kier alpha value is -1.05. The second-order valence-electron chi connectivity index (χ2n) is 1.64. The summed E-state index contributed by atoms with van der Waals surface area (Å²) in [7, 11) is 1.71. The Bertz CT molecular complexity index is 134. The van der Waals surface area contributed by atoms with E-state index in [9.17, 15) is 0 Å². The molecule has 2 N–H and O–H groups in total. The molecule has 2 nitrogen and oxygen atoms in total. The highest BCUT2D eigenvalue weighted by atomic mass is 14.6. The summed E-state index contributed by atoms with van der Waals surface area (Å²) in [4.78, 5) is 3.74. The second kappa shape index (κ2) is 5.09. The van der Waals surface area contributed by atoms with Crippen LogP contribution < -0.4 is 5.73 Å². The van der Waals surface area contributed by atoms with Crippen molar-refractivity contribution in [3.05, 3.63) is 24.4 Å². The Morgan fingerprint density at radius 3 is 2.89 bits per heavy atom. The van der Waals surface area contributed by atoms with E-state index in [1.54, 1.807) is 25.4 Å². The van der Waals surface area contributed by atoms with Gasteiger partial charge in [0.1, 0.15) is 0 Å².